The Balaban J connectivity index is 1.03. The first-order valence-electron chi connectivity index (χ1n) is 14.4. The third-order valence-electron chi connectivity index (χ3n) is 8.95. The van der Waals surface area contributed by atoms with Crippen LogP contribution in [0.4, 0.5) is 5.69 Å². The Bertz CT molecular complexity index is 1520. The molecule has 7 nitrogen and oxygen atoms in total. The zero-order valence-electron chi connectivity index (χ0n) is 23.1. The summed E-state index contributed by atoms with van der Waals surface area (Å²) in [5.41, 5.74) is 3.61. The second kappa shape index (κ2) is 12.0. The average Bonchev–Trinajstić information content (AvgIpc) is 3.40. The fraction of sp³-hybridized carbons (Fsp3) is 0.364. The summed E-state index contributed by atoms with van der Waals surface area (Å²) in [6.45, 7) is 2.44. The van der Waals surface area contributed by atoms with E-state index in [-0.39, 0.29) is 12.0 Å². The van der Waals surface area contributed by atoms with Crippen molar-refractivity contribution in [1.82, 2.24) is 14.5 Å². The zero-order chi connectivity index (χ0) is 28.2. The number of piperidine rings is 1. The van der Waals surface area contributed by atoms with E-state index in [9.17, 15) is 9.59 Å². The maximum absolute atomic E-state index is 13.4. The first-order valence-corrected chi connectivity index (χ1v) is 14.8. The molecule has 0 atom stereocenters. The van der Waals surface area contributed by atoms with Crippen LogP contribution in [0.2, 0.25) is 5.02 Å². The average molecular weight is 571 g/mol. The highest BCUT2D eigenvalue weighted by atomic mass is 35.5. The van der Waals surface area contributed by atoms with Crippen molar-refractivity contribution in [2.75, 3.05) is 18.4 Å². The number of hydrogen-bond donors (Lipinski definition) is 1. The van der Waals surface area contributed by atoms with Gasteiger partial charge in [-0.3, -0.25) is 14.6 Å². The van der Waals surface area contributed by atoms with Crippen LogP contribution in [-0.4, -0.2) is 45.8 Å². The van der Waals surface area contributed by atoms with Gasteiger partial charge in [0.2, 0.25) is 5.91 Å². The minimum Gasteiger partial charge on any atom is -0.490 e. The van der Waals surface area contributed by atoms with Crippen LogP contribution in [0.15, 0.2) is 73.2 Å². The zero-order valence-corrected chi connectivity index (χ0v) is 23.9. The van der Waals surface area contributed by atoms with Crippen LogP contribution in [0.25, 0.3) is 10.9 Å². The molecule has 8 heteroatoms. The number of nitrogens with one attached hydrogen (secondary N) is 1. The van der Waals surface area contributed by atoms with Gasteiger partial charge in [-0.05, 0) is 91.3 Å². The number of pyridine rings is 1. The monoisotopic (exact) mass is 570 g/mol. The van der Waals surface area contributed by atoms with Gasteiger partial charge in [0, 0.05) is 49.5 Å². The van der Waals surface area contributed by atoms with E-state index in [4.69, 9.17) is 16.3 Å². The van der Waals surface area contributed by atoms with Crippen LogP contribution in [0.3, 0.4) is 0 Å². The second-order valence-electron chi connectivity index (χ2n) is 11.4. The van der Waals surface area contributed by atoms with Crippen LogP contribution < -0.4 is 10.1 Å². The van der Waals surface area contributed by atoms with E-state index in [0.29, 0.717) is 29.1 Å². The minimum absolute atomic E-state index is 0.167. The summed E-state index contributed by atoms with van der Waals surface area (Å²) in [6.07, 6.45) is 13.2. The Morgan fingerprint density at radius 2 is 1.83 bits per heavy atom. The van der Waals surface area contributed by atoms with Gasteiger partial charge in [0.25, 0.3) is 0 Å². The number of rotatable bonds is 8. The SMILES string of the molecule is O=Cc1c(Cl)cccc1CNc1ccc2ccn(CC(=O)N3CCC4(CCC(Oc5ccncc5)CC4)CC3)c2c1. The lowest BCUT2D eigenvalue weighted by Gasteiger charge is -2.45. The topological polar surface area (TPSA) is 76.5 Å². The summed E-state index contributed by atoms with van der Waals surface area (Å²) in [6, 6.07) is 17.5. The number of halogens is 1. The molecular weight excluding hydrogens is 536 g/mol. The van der Waals surface area contributed by atoms with Gasteiger partial charge < -0.3 is 19.5 Å². The van der Waals surface area contributed by atoms with Crippen molar-refractivity contribution in [3.8, 4) is 5.75 Å². The molecule has 1 amide bonds. The van der Waals surface area contributed by atoms with Gasteiger partial charge in [-0.15, -0.1) is 0 Å². The van der Waals surface area contributed by atoms with Gasteiger partial charge in [0.1, 0.15) is 12.3 Å². The van der Waals surface area contributed by atoms with Crippen LogP contribution in [0.5, 0.6) is 5.75 Å². The van der Waals surface area contributed by atoms with Crippen molar-refractivity contribution in [2.45, 2.75) is 57.7 Å². The van der Waals surface area contributed by atoms with Gasteiger partial charge in [-0.25, -0.2) is 0 Å². The molecule has 2 aliphatic rings. The lowest BCUT2D eigenvalue weighted by molar-refractivity contribution is -0.134. The predicted molar refractivity (Wildman–Crippen MR) is 161 cm³/mol. The molecule has 0 bridgehead atoms. The van der Waals surface area contributed by atoms with Gasteiger partial charge in [0.05, 0.1) is 16.6 Å². The molecule has 0 unspecified atom stereocenters. The third-order valence-corrected chi connectivity index (χ3v) is 9.28. The molecule has 2 fully saturated rings. The molecule has 1 saturated heterocycles. The van der Waals surface area contributed by atoms with Crippen LogP contribution in [0, 0.1) is 5.41 Å². The molecule has 1 N–H and O–H groups in total. The number of anilines is 1. The van der Waals surface area contributed by atoms with Crippen LogP contribution in [0.1, 0.15) is 54.4 Å². The Kier molecular flexibility index (Phi) is 7.97. The molecule has 2 aromatic heterocycles. The number of aldehydes is 1. The van der Waals surface area contributed by atoms with Crippen molar-refractivity contribution in [2.24, 2.45) is 5.41 Å². The summed E-state index contributed by atoms with van der Waals surface area (Å²) in [5, 5.41) is 4.94. The molecule has 6 rings (SSSR count). The number of carbonyl (C=O) groups excluding carboxylic acids is 2. The number of aromatic nitrogens is 2. The number of hydrogen-bond acceptors (Lipinski definition) is 5. The smallest absolute Gasteiger partial charge is 0.242 e. The minimum atomic E-state index is 0.167. The number of ether oxygens (including phenoxy) is 1. The maximum Gasteiger partial charge on any atom is 0.242 e. The largest absolute Gasteiger partial charge is 0.490 e. The number of carbonyl (C=O) groups is 2. The summed E-state index contributed by atoms with van der Waals surface area (Å²) >= 11 is 6.18. The van der Waals surface area contributed by atoms with E-state index in [1.165, 1.54) is 0 Å². The van der Waals surface area contributed by atoms with Crippen molar-refractivity contribution >= 4 is 40.4 Å². The lowest BCUT2D eigenvalue weighted by Crippen LogP contribution is -2.46. The molecule has 41 heavy (non-hydrogen) atoms. The van der Waals surface area contributed by atoms with E-state index < -0.39 is 0 Å². The molecule has 1 aliphatic heterocycles. The molecular formula is C33H35ClN4O3. The first-order chi connectivity index (χ1) is 20.0. The third kappa shape index (κ3) is 6.10. The van der Waals surface area contributed by atoms with Gasteiger partial charge in [-0.2, -0.15) is 0 Å². The lowest BCUT2D eigenvalue weighted by atomic mass is 9.67. The van der Waals surface area contributed by atoms with Crippen molar-refractivity contribution in [3.05, 3.63) is 89.3 Å². The standard InChI is InChI=1S/C33H35ClN4O3/c34-30-3-1-2-25(29(30)23-39)21-36-26-5-4-24-10-17-38(31(24)20-26)22-32(40)37-18-13-33(14-19-37)11-6-27(7-12-33)41-28-8-15-35-16-9-28/h1-5,8-10,15-17,20,23,27,36H,6-7,11-14,18-19,21-22H2. The number of nitrogens with zero attached hydrogens (tertiary/aromatic N) is 3. The highest BCUT2D eigenvalue weighted by molar-refractivity contribution is 6.33. The van der Waals surface area contributed by atoms with Crippen LogP contribution in [-0.2, 0) is 17.9 Å². The molecule has 1 spiro atoms. The maximum atomic E-state index is 13.4. The summed E-state index contributed by atoms with van der Waals surface area (Å²) in [7, 11) is 0. The van der Waals surface area contributed by atoms with Gasteiger partial charge in [0.15, 0.2) is 6.29 Å². The van der Waals surface area contributed by atoms with Crippen molar-refractivity contribution < 1.29 is 14.3 Å². The Morgan fingerprint density at radius 3 is 2.59 bits per heavy atom. The molecule has 0 radical (unpaired) electrons. The number of benzene rings is 2. The second-order valence-corrected chi connectivity index (χ2v) is 11.8. The Hall–Kier alpha value is -3.84. The molecule has 3 heterocycles. The highest BCUT2D eigenvalue weighted by Gasteiger charge is 2.39. The van der Waals surface area contributed by atoms with E-state index in [2.05, 4.69) is 22.4 Å². The van der Waals surface area contributed by atoms with Crippen molar-refractivity contribution in [1.29, 1.82) is 0 Å². The van der Waals surface area contributed by atoms with E-state index >= 15 is 0 Å². The summed E-state index contributed by atoms with van der Waals surface area (Å²) in [5.74, 6) is 1.06. The number of amides is 1. The Morgan fingerprint density at radius 1 is 1.05 bits per heavy atom. The normalized spacial score (nSPS) is 17.0. The predicted octanol–water partition coefficient (Wildman–Crippen LogP) is 6.74. The van der Waals surface area contributed by atoms with E-state index in [0.717, 1.165) is 85.8 Å². The van der Waals surface area contributed by atoms with E-state index in [1.54, 1.807) is 18.5 Å². The van der Waals surface area contributed by atoms with Gasteiger partial charge >= 0.3 is 0 Å². The molecule has 4 aromatic rings. The van der Waals surface area contributed by atoms with E-state index in [1.807, 2.05) is 52.1 Å². The highest BCUT2D eigenvalue weighted by Crippen LogP contribution is 2.45. The Labute approximate surface area is 245 Å². The molecule has 1 aliphatic carbocycles. The number of fused-ring (bicyclic) bond motifs is 1. The van der Waals surface area contributed by atoms with Crippen molar-refractivity contribution in [3.63, 3.8) is 0 Å². The first kappa shape index (κ1) is 27.3. The van der Waals surface area contributed by atoms with Gasteiger partial charge in [-0.1, -0.05) is 29.8 Å². The number of likely N-dealkylation sites (tertiary alicyclic amines) is 1. The van der Waals surface area contributed by atoms with Crippen LogP contribution >= 0.6 is 11.6 Å². The quantitative estimate of drug-likeness (QED) is 0.237. The molecule has 1 saturated carbocycles. The summed E-state index contributed by atoms with van der Waals surface area (Å²) < 4.78 is 8.21. The molecule has 212 valence electrons. The fourth-order valence-electron chi connectivity index (χ4n) is 6.40. The summed E-state index contributed by atoms with van der Waals surface area (Å²) in [4.78, 5) is 30.9. The molecule has 2 aromatic carbocycles. The fourth-order valence-corrected chi connectivity index (χ4v) is 6.64.